The molecule has 0 radical (unpaired) electrons. The monoisotopic (exact) mass is 248 g/mol. The third-order valence-electron chi connectivity index (χ3n) is 2.84. The first-order valence-electron chi connectivity index (χ1n) is 6.45. The van der Waals surface area contributed by atoms with Crippen LogP contribution in [0, 0.1) is 0 Å². The minimum Gasteiger partial charge on any atom is -0.493 e. The van der Waals surface area contributed by atoms with Crippen LogP contribution in [0.4, 0.5) is 0 Å². The van der Waals surface area contributed by atoms with Crippen LogP contribution in [-0.2, 0) is 15.9 Å². The normalized spacial score (nSPS) is 16.4. The Labute approximate surface area is 108 Å². The molecule has 0 saturated carbocycles. The lowest BCUT2D eigenvalue weighted by molar-refractivity contribution is -0.183. The van der Waals surface area contributed by atoms with Crippen molar-refractivity contribution in [3.05, 3.63) is 42.5 Å². The van der Waals surface area contributed by atoms with E-state index in [0.717, 1.165) is 43.8 Å². The predicted octanol–water partition coefficient (Wildman–Crippen LogP) is 2.95. The fourth-order valence-electron chi connectivity index (χ4n) is 1.94. The van der Waals surface area contributed by atoms with Gasteiger partial charge in [0.2, 0.25) is 0 Å². The zero-order chi connectivity index (χ0) is 12.6. The van der Waals surface area contributed by atoms with E-state index >= 15 is 0 Å². The third-order valence-corrected chi connectivity index (χ3v) is 2.84. The van der Waals surface area contributed by atoms with Crippen LogP contribution in [0.15, 0.2) is 36.9 Å². The van der Waals surface area contributed by atoms with E-state index < -0.39 is 0 Å². The third kappa shape index (κ3) is 3.86. The minimum absolute atomic E-state index is 0.106. The molecule has 1 fully saturated rings. The Morgan fingerprint density at radius 2 is 2.06 bits per heavy atom. The summed E-state index contributed by atoms with van der Waals surface area (Å²) in [6.07, 6.45) is 4.36. The van der Waals surface area contributed by atoms with Gasteiger partial charge in [0.1, 0.15) is 5.75 Å². The summed E-state index contributed by atoms with van der Waals surface area (Å²) in [4.78, 5) is 0. The maximum absolute atomic E-state index is 5.78. The maximum Gasteiger partial charge on any atom is 0.160 e. The van der Waals surface area contributed by atoms with Crippen LogP contribution in [-0.4, -0.2) is 26.1 Å². The smallest absolute Gasteiger partial charge is 0.160 e. The highest BCUT2D eigenvalue weighted by Crippen LogP contribution is 2.19. The van der Waals surface area contributed by atoms with Crippen LogP contribution in [0.3, 0.4) is 0 Å². The molecule has 0 aromatic heterocycles. The lowest BCUT2D eigenvalue weighted by Gasteiger charge is -2.23. The van der Waals surface area contributed by atoms with Crippen molar-refractivity contribution in [1.82, 2.24) is 0 Å². The van der Waals surface area contributed by atoms with E-state index in [2.05, 4.69) is 12.6 Å². The Morgan fingerprint density at radius 3 is 2.83 bits per heavy atom. The molecule has 0 unspecified atom stereocenters. The summed E-state index contributed by atoms with van der Waals surface area (Å²) >= 11 is 0. The summed E-state index contributed by atoms with van der Waals surface area (Å²) in [5.41, 5.74) is 1.16. The topological polar surface area (TPSA) is 27.7 Å². The number of rotatable bonds is 6. The highest BCUT2D eigenvalue weighted by atomic mass is 16.7. The molecule has 98 valence electrons. The predicted molar refractivity (Wildman–Crippen MR) is 70.8 cm³/mol. The largest absolute Gasteiger partial charge is 0.493 e. The molecule has 0 atom stereocenters. The van der Waals surface area contributed by atoms with Crippen molar-refractivity contribution in [3.8, 4) is 5.75 Å². The van der Waals surface area contributed by atoms with Crippen molar-refractivity contribution in [2.75, 3.05) is 19.8 Å². The van der Waals surface area contributed by atoms with Crippen LogP contribution < -0.4 is 4.74 Å². The van der Waals surface area contributed by atoms with Crippen molar-refractivity contribution in [2.24, 2.45) is 0 Å². The first-order chi connectivity index (χ1) is 8.90. The zero-order valence-corrected chi connectivity index (χ0v) is 10.6. The Morgan fingerprint density at radius 1 is 1.28 bits per heavy atom. The molecule has 1 aliphatic rings. The lowest BCUT2D eigenvalue weighted by Crippen LogP contribution is -2.26. The Bertz CT molecular complexity index is 370. The molecule has 1 aromatic rings. The number of hydrogen-bond donors (Lipinski definition) is 0. The summed E-state index contributed by atoms with van der Waals surface area (Å²) in [5, 5.41) is 0. The van der Waals surface area contributed by atoms with Crippen molar-refractivity contribution >= 4 is 0 Å². The molecule has 3 nitrogen and oxygen atoms in total. The summed E-state index contributed by atoms with van der Waals surface area (Å²) in [7, 11) is 0. The van der Waals surface area contributed by atoms with Gasteiger partial charge in [-0.15, -0.1) is 6.58 Å². The summed E-state index contributed by atoms with van der Waals surface area (Å²) in [6, 6.07) is 8.04. The van der Waals surface area contributed by atoms with E-state index in [4.69, 9.17) is 14.2 Å². The highest BCUT2D eigenvalue weighted by molar-refractivity contribution is 5.34. The quantitative estimate of drug-likeness (QED) is 0.724. The molecule has 3 heteroatoms. The van der Waals surface area contributed by atoms with Crippen LogP contribution in [0.5, 0.6) is 5.75 Å². The lowest BCUT2D eigenvalue weighted by atomic mass is 10.1. The molecule has 1 aliphatic heterocycles. The first-order valence-corrected chi connectivity index (χ1v) is 6.45. The van der Waals surface area contributed by atoms with Crippen molar-refractivity contribution in [2.45, 2.75) is 25.6 Å². The van der Waals surface area contributed by atoms with Gasteiger partial charge in [0, 0.05) is 6.42 Å². The van der Waals surface area contributed by atoms with E-state index in [9.17, 15) is 0 Å². The second-order valence-corrected chi connectivity index (χ2v) is 4.26. The highest BCUT2D eigenvalue weighted by Gasteiger charge is 2.14. The number of allylic oxidation sites excluding steroid dienone is 1. The van der Waals surface area contributed by atoms with Gasteiger partial charge in [-0.05, 0) is 24.5 Å². The average molecular weight is 248 g/mol. The van der Waals surface area contributed by atoms with Crippen LogP contribution in [0.1, 0.15) is 18.4 Å². The fraction of sp³-hybridized carbons (Fsp3) is 0.467. The van der Waals surface area contributed by atoms with E-state index in [-0.39, 0.29) is 6.29 Å². The molecule has 1 aromatic carbocycles. The summed E-state index contributed by atoms with van der Waals surface area (Å²) in [5.74, 6) is 0.924. The SMILES string of the molecule is C=CCc1ccccc1OCCC1OCCCO1. The van der Waals surface area contributed by atoms with Gasteiger partial charge in [0.05, 0.1) is 19.8 Å². The summed E-state index contributed by atoms with van der Waals surface area (Å²) in [6.45, 7) is 5.94. The molecular weight excluding hydrogens is 228 g/mol. The van der Waals surface area contributed by atoms with Gasteiger partial charge in [-0.3, -0.25) is 0 Å². The number of ether oxygens (including phenoxy) is 3. The van der Waals surface area contributed by atoms with Gasteiger partial charge < -0.3 is 14.2 Å². The second kappa shape index (κ2) is 7.19. The van der Waals surface area contributed by atoms with Crippen molar-refractivity contribution < 1.29 is 14.2 Å². The van der Waals surface area contributed by atoms with Crippen LogP contribution in [0.2, 0.25) is 0 Å². The minimum atomic E-state index is -0.106. The molecular formula is C15H20O3. The fourth-order valence-corrected chi connectivity index (χ4v) is 1.94. The van der Waals surface area contributed by atoms with Crippen molar-refractivity contribution in [3.63, 3.8) is 0 Å². The van der Waals surface area contributed by atoms with Gasteiger partial charge in [0.15, 0.2) is 6.29 Å². The van der Waals surface area contributed by atoms with E-state index in [1.54, 1.807) is 0 Å². The number of para-hydroxylation sites is 1. The van der Waals surface area contributed by atoms with Gasteiger partial charge >= 0.3 is 0 Å². The van der Waals surface area contributed by atoms with Crippen molar-refractivity contribution in [1.29, 1.82) is 0 Å². The molecule has 18 heavy (non-hydrogen) atoms. The zero-order valence-electron chi connectivity index (χ0n) is 10.6. The van der Waals surface area contributed by atoms with E-state index in [0.29, 0.717) is 6.61 Å². The molecule has 1 saturated heterocycles. The number of benzene rings is 1. The van der Waals surface area contributed by atoms with E-state index in [1.807, 2.05) is 24.3 Å². The Hall–Kier alpha value is -1.32. The van der Waals surface area contributed by atoms with Crippen LogP contribution >= 0.6 is 0 Å². The molecule has 2 rings (SSSR count). The van der Waals surface area contributed by atoms with Gasteiger partial charge in [-0.2, -0.15) is 0 Å². The van der Waals surface area contributed by atoms with Gasteiger partial charge in [0.25, 0.3) is 0 Å². The first kappa shape index (κ1) is 13.1. The van der Waals surface area contributed by atoms with Gasteiger partial charge in [-0.25, -0.2) is 0 Å². The van der Waals surface area contributed by atoms with Gasteiger partial charge in [-0.1, -0.05) is 24.3 Å². The number of hydrogen-bond acceptors (Lipinski definition) is 3. The average Bonchev–Trinajstić information content (AvgIpc) is 2.42. The Balaban J connectivity index is 1.80. The van der Waals surface area contributed by atoms with E-state index in [1.165, 1.54) is 0 Å². The Kier molecular flexibility index (Phi) is 5.24. The molecule has 1 heterocycles. The van der Waals surface area contributed by atoms with Crippen LogP contribution in [0.25, 0.3) is 0 Å². The molecule has 0 aliphatic carbocycles. The maximum atomic E-state index is 5.78. The summed E-state index contributed by atoms with van der Waals surface area (Å²) < 4.78 is 16.7. The molecule has 0 bridgehead atoms. The standard InChI is InChI=1S/C15H20O3/c1-2-6-13-7-3-4-8-14(13)16-12-9-15-17-10-5-11-18-15/h2-4,7-8,15H,1,5-6,9-12H2. The molecule has 0 amide bonds. The molecule has 0 N–H and O–H groups in total. The molecule has 0 spiro atoms. The second-order valence-electron chi connectivity index (χ2n) is 4.26.